The van der Waals surface area contributed by atoms with Gasteiger partial charge >= 0.3 is 0 Å². The Hall–Kier alpha value is -0.120. The lowest BCUT2D eigenvalue weighted by atomic mass is 10.2. The second kappa shape index (κ2) is 4.70. The molecule has 0 saturated carbocycles. The van der Waals surface area contributed by atoms with Crippen molar-refractivity contribution in [2.75, 3.05) is 26.2 Å². The molecule has 0 bridgehead atoms. The third kappa shape index (κ3) is 3.18. The maximum absolute atomic E-state index is 8.75. The van der Waals surface area contributed by atoms with Crippen LogP contribution in [-0.4, -0.2) is 37.4 Å². The molecule has 0 spiro atoms. The summed E-state index contributed by atoms with van der Waals surface area (Å²) in [6, 6.07) is 0.629. The van der Waals surface area contributed by atoms with Crippen molar-refractivity contribution in [3.05, 3.63) is 0 Å². The summed E-state index contributed by atoms with van der Waals surface area (Å²) in [6.45, 7) is 5.48. The third-order valence-corrected chi connectivity index (χ3v) is 2.13. The Morgan fingerprint density at radius 2 is 2.55 bits per heavy atom. The lowest BCUT2D eigenvalue weighted by Gasteiger charge is -2.14. The van der Waals surface area contributed by atoms with E-state index in [1.54, 1.807) is 0 Å². The van der Waals surface area contributed by atoms with Crippen molar-refractivity contribution in [2.45, 2.75) is 19.4 Å². The number of rotatable bonds is 4. The molecule has 0 aromatic carbocycles. The van der Waals surface area contributed by atoms with E-state index in [-0.39, 0.29) is 6.61 Å². The highest BCUT2D eigenvalue weighted by molar-refractivity contribution is 4.77. The minimum atomic E-state index is 0.285. The average Bonchev–Trinajstić information content (AvgIpc) is 2.52. The van der Waals surface area contributed by atoms with E-state index in [9.17, 15) is 0 Å². The van der Waals surface area contributed by atoms with Crippen LogP contribution in [0.4, 0.5) is 0 Å². The molecule has 2 unspecified atom stereocenters. The minimum Gasteiger partial charge on any atom is -0.396 e. The Labute approximate surface area is 68.2 Å². The van der Waals surface area contributed by atoms with Crippen LogP contribution in [0.3, 0.4) is 0 Å². The van der Waals surface area contributed by atoms with Crippen LogP contribution in [0.25, 0.3) is 0 Å². The highest BCUT2D eigenvalue weighted by Crippen LogP contribution is 1.98. The van der Waals surface area contributed by atoms with Crippen LogP contribution in [0.1, 0.15) is 13.3 Å². The molecule has 1 rings (SSSR count). The predicted molar refractivity (Wildman–Crippen MR) is 45.5 cm³/mol. The molecule has 3 heteroatoms. The fourth-order valence-electron chi connectivity index (χ4n) is 1.26. The SMILES string of the molecule is CC(CO)CNC1CCNC1. The highest BCUT2D eigenvalue weighted by Gasteiger charge is 2.13. The number of hydrogen-bond donors (Lipinski definition) is 3. The second-order valence-electron chi connectivity index (χ2n) is 3.39. The summed E-state index contributed by atoms with van der Waals surface area (Å²) in [7, 11) is 0. The molecular formula is C8H18N2O. The van der Waals surface area contributed by atoms with Gasteiger partial charge in [0.1, 0.15) is 0 Å². The van der Waals surface area contributed by atoms with Crippen molar-refractivity contribution in [3.8, 4) is 0 Å². The van der Waals surface area contributed by atoms with Gasteiger partial charge in [-0.15, -0.1) is 0 Å². The first-order valence-corrected chi connectivity index (χ1v) is 4.38. The molecule has 0 radical (unpaired) electrons. The quantitative estimate of drug-likeness (QED) is 0.520. The molecule has 1 fully saturated rings. The standard InChI is InChI=1S/C8H18N2O/c1-7(6-11)4-10-8-2-3-9-5-8/h7-11H,2-6H2,1H3. The molecule has 3 nitrogen and oxygen atoms in total. The largest absolute Gasteiger partial charge is 0.396 e. The molecule has 1 heterocycles. The molecule has 3 N–H and O–H groups in total. The first kappa shape index (κ1) is 8.97. The van der Waals surface area contributed by atoms with Gasteiger partial charge in [0.25, 0.3) is 0 Å². The molecule has 11 heavy (non-hydrogen) atoms. The van der Waals surface area contributed by atoms with Gasteiger partial charge in [-0.1, -0.05) is 6.92 Å². The predicted octanol–water partition coefficient (Wildman–Crippen LogP) is -0.434. The van der Waals surface area contributed by atoms with E-state index in [1.807, 2.05) is 0 Å². The van der Waals surface area contributed by atoms with Gasteiger partial charge in [0.05, 0.1) is 0 Å². The molecular weight excluding hydrogens is 140 g/mol. The average molecular weight is 158 g/mol. The molecule has 1 aliphatic heterocycles. The van der Waals surface area contributed by atoms with Gasteiger partial charge in [0.15, 0.2) is 0 Å². The highest BCUT2D eigenvalue weighted by atomic mass is 16.3. The summed E-state index contributed by atoms with van der Waals surface area (Å²) in [6.07, 6.45) is 1.22. The summed E-state index contributed by atoms with van der Waals surface area (Å²) in [5, 5.41) is 15.5. The Kier molecular flexibility index (Phi) is 3.83. The van der Waals surface area contributed by atoms with Crippen molar-refractivity contribution in [3.63, 3.8) is 0 Å². The van der Waals surface area contributed by atoms with Gasteiger partial charge in [-0.3, -0.25) is 0 Å². The molecule has 0 amide bonds. The van der Waals surface area contributed by atoms with E-state index in [0.717, 1.165) is 19.6 Å². The molecule has 1 aliphatic rings. The van der Waals surface area contributed by atoms with Crippen LogP contribution >= 0.6 is 0 Å². The summed E-state index contributed by atoms with van der Waals surface area (Å²) >= 11 is 0. The number of aliphatic hydroxyl groups excluding tert-OH is 1. The zero-order valence-corrected chi connectivity index (χ0v) is 7.14. The molecule has 1 saturated heterocycles. The lowest BCUT2D eigenvalue weighted by Crippen LogP contribution is -2.35. The van der Waals surface area contributed by atoms with Crippen LogP contribution in [-0.2, 0) is 0 Å². The number of aliphatic hydroxyl groups is 1. The van der Waals surface area contributed by atoms with Crippen molar-refractivity contribution < 1.29 is 5.11 Å². The molecule has 66 valence electrons. The third-order valence-electron chi connectivity index (χ3n) is 2.13. The van der Waals surface area contributed by atoms with Gasteiger partial charge in [-0.2, -0.15) is 0 Å². The van der Waals surface area contributed by atoms with Crippen molar-refractivity contribution >= 4 is 0 Å². The zero-order valence-electron chi connectivity index (χ0n) is 7.14. The molecule has 0 aromatic rings. The smallest absolute Gasteiger partial charge is 0.0468 e. The maximum Gasteiger partial charge on any atom is 0.0468 e. The first-order valence-electron chi connectivity index (χ1n) is 4.38. The Morgan fingerprint density at radius 1 is 1.73 bits per heavy atom. The summed E-state index contributed by atoms with van der Waals surface area (Å²) < 4.78 is 0. The van der Waals surface area contributed by atoms with Gasteiger partial charge in [0, 0.05) is 25.7 Å². The van der Waals surface area contributed by atoms with Crippen LogP contribution < -0.4 is 10.6 Å². The maximum atomic E-state index is 8.75. The van der Waals surface area contributed by atoms with E-state index in [0.29, 0.717) is 12.0 Å². The summed E-state index contributed by atoms with van der Waals surface area (Å²) in [5.74, 6) is 0.385. The van der Waals surface area contributed by atoms with Crippen molar-refractivity contribution in [1.29, 1.82) is 0 Å². The monoisotopic (exact) mass is 158 g/mol. The Bertz CT molecular complexity index is 102. The normalized spacial score (nSPS) is 27.3. The van der Waals surface area contributed by atoms with Gasteiger partial charge < -0.3 is 15.7 Å². The Morgan fingerprint density at radius 3 is 3.09 bits per heavy atom. The van der Waals surface area contributed by atoms with Gasteiger partial charge in [-0.05, 0) is 18.9 Å². The number of hydrogen-bond acceptors (Lipinski definition) is 3. The fourth-order valence-corrected chi connectivity index (χ4v) is 1.26. The van der Waals surface area contributed by atoms with E-state index in [1.165, 1.54) is 6.42 Å². The van der Waals surface area contributed by atoms with Crippen LogP contribution in [0, 0.1) is 5.92 Å². The number of nitrogens with one attached hydrogen (secondary N) is 2. The fraction of sp³-hybridized carbons (Fsp3) is 1.00. The van der Waals surface area contributed by atoms with Gasteiger partial charge in [0.2, 0.25) is 0 Å². The van der Waals surface area contributed by atoms with Crippen LogP contribution in [0.15, 0.2) is 0 Å². The zero-order chi connectivity index (χ0) is 8.10. The molecule has 2 atom stereocenters. The van der Waals surface area contributed by atoms with E-state index >= 15 is 0 Å². The molecule has 0 aromatic heterocycles. The summed E-state index contributed by atoms with van der Waals surface area (Å²) in [5.41, 5.74) is 0. The summed E-state index contributed by atoms with van der Waals surface area (Å²) in [4.78, 5) is 0. The second-order valence-corrected chi connectivity index (χ2v) is 3.39. The molecule has 0 aliphatic carbocycles. The van der Waals surface area contributed by atoms with Crippen molar-refractivity contribution in [1.82, 2.24) is 10.6 Å². The van der Waals surface area contributed by atoms with Gasteiger partial charge in [-0.25, -0.2) is 0 Å². The van der Waals surface area contributed by atoms with E-state index in [2.05, 4.69) is 17.6 Å². The van der Waals surface area contributed by atoms with E-state index < -0.39 is 0 Å². The lowest BCUT2D eigenvalue weighted by molar-refractivity contribution is 0.231. The minimum absolute atomic E-state index is 0.285. The topological polar surface area (TPSA) is 44.3 Å². The first-order chi connectivity index (χ1) is 5.33. The van der Waals surface area contributed by atoms with Crippen molar-refractivity contribution in [2.24, 2.45) is 5.92 Å². The van der Waals surface area contributed by atoms with Crippen LogP contribution in [0.2, 0.25) is 0 Å². The van der Waals surface area contributed by atoms with Crippen LogP contribution in [0.5, 0.6) is 0 Å². The van der Waals surface area contributed by atoms with E-state index in [4.69, 9.17) is 5.11 Å². The Balaban J connectivity index is 2.01.